The lowest BCUT2D eigenvalue weighted by Crippen LogP contribution is -2.37. The van der Waals surface area contributed by atoms with Gasteiger partial charge >= 0.3 is 6.09 Å². The van der Waals surface area contributed by atoms with Crippen molar-refractivity contribution in [3.05, 3.63) is 11.3 Å². The quantitative estimate of drug-likeness (QED) is 0.721. The standard InChI is InChI=1S/C11H18N2O3/c1-8(2)9(12-11(15)16-3)10(14)13-6-4-5-7-13/h4-7H2,1-3H3,(H,12,15). The minimum Gasteiger partial charge on any atom is -0.453 e. The second-order valence-corrected chi connectivity index (χ2v) is 3.99. The number of nitrogens with zero attached hydrogens (tertiary/aromatic N) is 1. The van der Waals surface area contributed by atoms with Crippen LogP contribution in [0.1, 0.15) is 26.7 Å². The molecule has 0 bridgehead atoms. The van der Waals surface area contributed by atoms with Gasteiger partial charge in [0, 0.05) is 13.1 Å². The average molecular weight is 226 g/mol. The minimum absolute atomic E-state index is 0.122. The van der Waals surface area contributed by atoms with Gasteiger partial charge in [-0.05, 0) is 32.3 Å². The molecule has 0 aliphatic carbocycles. The van der Waals surface area contributed by atoms with Crippen LogP contribution in [-0.2, 0) is 9.53 Å². The summed E-state index contributed by atoms with van der Waals surface area (Å²) in [5, 5.41) is 2.47. The van der Waals surface area contributed by atoms with Crippen molar-refractivity contribution in [3.63, 3.8) is 0 Å². The Kier molecular flexibility index (Phi) is 4.34. The number of allylic oxidation sites excluding steroid dienone is 1. The van der Waals surface area contributed by atoms with Crippen molar-refractivity contribution in [1.82, 2.24) is 10.2 Å². The Morgan fingerprint density at radius 2 is 1.75 bits per heavy atom. The molecule has 16 heavy (non-hydrogen) atoms. The maximum atomic E-state index is 12.0. The van der Waals surface area contributed by atoms with Gasteiger partial charge in [-0.25, -0.2) is 4.79 Å². The van der Waals surface area contributed by atoms with Gasteiger partial charge in [-0.15, -0.1) is 0 Å². The first-order chi connectivity index (χ1) is 7.56. The van der Waals surface area contributed by atoms with Crippen LogP contribution in [0.3, 0.4) is 0 Å². The molecule has 0 aromatic carbocycles. The van der Waals surface area contributed by atoms with Crippen molar-refractivity contribution in [3.8, 4) is 0 Å². The first kappa shape index (κ1) is 12.5. The molecule has 1 fully saturated rings. The van der Waals surface area contributed by atoms with Crippen molar-refractivity contribution in [1.29, 1.82) is 0 Å². The molecule has 0 saturated carbocycles. The summed E-state index contributed by atoms with van der Waals surface area (Å²) in [5.41, 5.74) is 1.11. The van der Waals surface area contributed by atoms with Crippen LogP contribution < -0.4 is 5.32 Å². The van der Waals surface area contributed by atoms with Crippen molar-refractivity contribution in [2.45, 2.75) is 26.7 Å². The highest BCUT2D eigenvalue weighted by atomic mass is 16.5. The highest BCUT2D eigenvalue weighted by Crippen LogP contribution is 2.12. The Hall–Kier alpha value is -1.52. The zero-order valence-electron chi connectivity index (χ0n) is 10.0. The van der Waals surface area contributed by atoms with Crippen molar-refractivity contribution >= 4 is 12.0 Å². The lowest BCUT2D eigenvalue weighted by atomic mass is 10.2. The van der Waals surface area contributed by atoms with E-state index in [1.165, 1.54) is 7.11 Å². The zero-order valence-corrected chi connectivity index (χ0v) is 10.0. The summed E-state index contributed by atoms with van der Waals surface area (Å²) in [6.45, 7) is 5.11. The molecule has 0 aromatic rings. The van der Waals surface area contributed by atoms with Gasteiger partial charge in [-0.2, -0.15) is 0 Å². The smallest absolute Gasteiger partial charge is 0.411 e. The molecule has 0 radical (unpaired) electrons. The molecule has 5 heteroatoms. The SMILES string of the molecule is COC(=O)NC(C(=O)N1CCCC1)=C(C)C. The maximum absolute atomic E-state index is 12.0. The van der Waals surface area contributed by atoms with E-state index in [0.717, 1.165) is 31.5 Å². The fourth-order valence-electron chi connectivity index (χ4n) is 1.62. The lowest BCUT2D eigenvalue weighted by molar-refractivity contribution is -0.126. The third-order valence-corrected chi connectivity index (χ3v) is 2.52. The summed E-state index contributed by atoms with van der Waals surface area (Å²) < 4.78 is 4.49. The van der Waals surface area contributed by atoms with Gasteiger partial charge < -0.3 is 9.64 Å². The molecular weight excluding hydrogens is 208 g/mol. The number of rotatable bonds is 2. The maximum Gasteiger partial charge on any atom is 0.411 e. The zero-order chi connectivity index (χ0) is 12.1. The van der Waals surface area contributed by atoms with E-state index < -0.39 is 6.09 Å². The number of likely N-dealkylation sites (tertiary alicyclic amines) is 1. The van der Waals surface area contributed by atoms with Gasteiger partial charge in [0.1, 0.15) is 5.70 Å². The number of hydrogen-bond donors (Lipinski definition) is 1. The number of methoxy groups -OCH3 is 1. The second-order valence-electron chi connectivity index (χ2n) is 3.99. The molecule has 1 aliphatic heterocycles. The van der Waals surface area contributed by atoms with Crippen molar-refractivity contribution in [2.24, 2.45) is 0 Å². The largest absolute Gasteiger partial charge is 0.453 e. The van der Waals surface area contributed by atoms with E-state index in [-0.39, 0.29) is 5.91 Å². The Morgan fingerprint density at radius 3 is 2.19 bits per heavy atom. The monoisotopic (exact) mass is 226 g/mol. The third-order valence-electron chi connectivity index (χ3n) is 2.52. The first-order valence-corrected chi connectivity index (χ1v) is 5.38. The summed E-state index contributed by atoms with van der Waals surface area (Å²) >= 11 is 0. The number of alkyl carbamates (subject to hydrolysis) is 1. The molecule has 1 rings (SSSR count). The van der Waals surface area contributed by atoms with Gasteiger partial charge in [0.05, 0.1) is 7.11 Å². The molecule has 1 N–H and O–H groups in total. The van der Waals surface area contributed by atoms with E-state index in [1.54, 1.807) is 18.7 Å². The van der Waals surface area contributed by atoms with E-state index in [2.05, 4.69) is 10.1 Å². The van der Waals surface area contributed by atoms with Crippen molar-refractivity contribution in [2.75, 3.05) is 20.2 Å². The topological polar surface area (TPSA) is 58.6 Å². The second kappa shape index (κ2) is 5.53. The van der Waals surface area contributed by atoms with Crippen LogP contribution in [0.25, 0.3) is 0 Å². The Bertz CT molecular complexity index is 313. The predicted octanol–water partition coefficient (Wildman–Crippen LogP) is 1.26. The molecular formula is C11H18N2O3. The fraction of sp³-hybridized carbons (Fsp3) is 0.636. The molecule has 2 amide bonds. The number of hydrogen-bond acceptors (Lipinski definition) is 3. The van der Waals surface area contributed by atoms with E-state index in [9.17, 15) is 9.59 Å². The third kappa shape index (κ3) is 2.98. The van der Waals surface area contributed by atoms with Gasteiger partial charge in [-0.1, -0.05) is 0 Å². The Labute approximate surface area is 95.4 Å². The normalized spacial score (nSPS) is 14.6. The van der Waals surface area contributed by atoms with Crippen LogP contribution in [0, 0.1) is 0 Å². The number of ether oxygens (including phenoxy) is 1. The van der Waals surface area contributed by atoms with Crippen molar-refractivity contribution < 1.29 is 14.3 Å². The molecule has 90 valence electrons. The van der Waals surface area contributed by atoms with E-state index in [0.29, 0.717) is 5.70 Å². The molecule has 0 aromatic heterocycles. The summed E-state index contributed by atoms with van der Waals surface area (Å²) in [6, 6.07) is 0. The van der Waals surface area contributed by atoms with Gasteiger partial charge in [0.2, 0.25) is 0 Å². The van der Waals surface area contributed by atoms with Gasteiger partial charge in [-0.3, -0.25) is 10.1 Å². The summed E-state index contributed by atoms with van der Waals surface area (Å²) in [7, 11) is 1.28. The van der Waals surface area contributed by atoms with Crippen LogP contribution >= 0.6 is 0 Å². The molecule has 1 heterocycles. The number of nitrogens with one attached hydrogen (secondary N) is 1. The summed E-state index contributed by atoms with van der Waals surface area (Å²) in [6.07, 6.45) is 1.45. The van der Waals surface area contributed by atoms with Gasteiger partial charge in [0.25, 0.3) is 5.91 Å². The summed E-state index contributed by atoms with van der Waals surface area (Å²) in [4.78, 5) is 24.9. The average Bonchev–Trinajstić information content (AvgIpc) is 2.77. The molecule has 1 aliphatic rings. The van der Waals surface area contributed by atoms with E-state index >= 15 is 0 Å². The highest BCUT2D eigenvalue weighted by Gasteiger charge is 2.23. The van der Waals surface area contributed by atoms with Gasteiger partial charge in [0.15, 0.2) is 0 Å². The van der Waals surface area contributed by atoms with Crippen LogP contribution in [0.2, 0.25) is 0 Å². The Balaban J connectivity index is 2.74. The molecule has 1 saturated heterocycles. The van der Waals surface area contributed by atoms with Crippen LogP contribution in [0.4, 0.5) is 4.79 Å². The summed E-state index contributed by atoms with van der Waals surface area (Å²) in [5.74, 6) is -0.122. The molecule has 0 atom stereocenters. The lowest BCUT2D eigenvalue weighted by Gasteiger charge is -2.18. The molecule has 5 nitrogen and oxygen atoms in total. The van der Waals surface area contributed by atoms with Crippen LogP contribution in [0.15, 0.2) is 11.3 Å². The van der Waals surface area contributed by atoms with Crippen LogP contribution in [-0.4, -0.2) is 37.1 Å². The molecule has 0 spiro atoms. The first-order valence-electron chi connectivity index (χ1n) is 5.38. The number of amides is 2. The Morgan fingerprint density at radius 1 is 1.19 bits per heavy atom. The number of carbonyl (C=O) groups is 2. The van der Waals surface area contributed by atoms with E-state index in [4.69, 9.17) is 0 Å². The van der Waals surface area contributed by atoms with Crippen LogP contribution in [0.5, 0.6) is 0 Å². The predicted molar refractivity (Wildman–Crippen MR) is 59.7 cm³/mol. The minimum atomic E-state index is -0.608. The van der Waals surface area contributed by atoms with E-state index in [1.807, 2.05) is 0 Å². The fourth-order valence-corrected chi connectivity index (χ4v) is 1.62. The highest BCUT2D eigenvalue weighted by molar-refractivity contribution is 5.97. The number of carbonyl (C=O) groups excluding carboxylic acids is 2. The molecule has 0 unspecified atom stereocenters.